The molecule has 74 valence electrons. The highest BCUT2D eigenvalue weighted by Crippen LogP contribution is 2.19. The lowest BCUT2D eigenvalue weighted by Gasteiger charge is -1.93. The molecule has 0 spiro atoms. The molecule has 0 aliphatic heterocycles. The normalized spacial score (nSPS) is 11.0. The molecule has 1 aromatic carbocycles. The summed E-state index contributed by atoms with van der Waals surface area (Å²) in [4.78, 5) is 7.48. The largest absolute Gasteiger partial charge is 0.342 e. The number of aryl methyl sites for hydroxylation is 1. The van der Waals surface area contributed by atoms with Crippen molar-refractivity contribution in [3.05, 3.63) is 24.0 Å². The molecule has 0 fully saturated rings. The van der Waals surface area contributed by atoms with Gasteiger partial charge in [0, 0.05) is 5.56 Å². The average Bonchev–Trinajstić information content (AvgIpc) is 2.82. The van der Waals surface area contributed by atoms with Crippen LogP contribution in [0.3, 0.4) is 0 Å². The molecule has 3 aromatic rings. The fourth-order valence-corrected chi connectivity index (χ4v) is 1.56. The van der Waals surface area contributed by atoms with E-state index in [1.54, 1.807) is 0 Å². The van der Waals surface area contributed by atoms with Crippen molar-refractivity contribution >= 4 is 11.0 Å². The molecule has 0 saturated carbocycles. The molecule has 15 heavy (non-hydrogen) atoms. The molecular weight excluding hydrogens is 192 g/mol. The van der Waals surface area contributed by atoms with E-state index in [1.165, 1.54) is 0 Å². The lowest BCUT2D eigenvalue weighted by Crippen LogP contribution is -1.81. The zero-order valence-corrected chi connectivity index (χ0v) is 8.02. The number of aromatic nitrogens is 6. The highest BCUT2D eigenvalue weighted by molar-refractivity contribution is 5.80. The Kier molecular flexibility index (Phi) is 1.55. The highest BCUT2D eigenvalue weighted by atomic mass is 15.5. The van der Waals surface area contributed by atoms with Crippen LogP contribution in [0.15, 0.2) is 18.2 Å². The molecular formula is C9H8N6. The van der Waals surface area contributed by atoms with E-state index in [-0.39, 0.29) is 0 Å². The van der Waals surface area contributed by atoms with Crippen LogP contribution in [0, 0.1) is 6.92 Å². The molecule has 2 heterocycles. The summed E-state index contributed by atoms with van der Waals surface area (Å²) >= 11 is 0. The van der Waals surface area contributed by atoms with Crippen molar-refractivity contribution in [1.82, 2.24) is 30.6 Å². The van der Waals surface area contributed by atoms with Gasteiger partial charge in [-0.15, -0.1) is 10.2 Å². The van der Waals surface area contributed by atoms with Crippen molar-refractivity contribution in [2.24, 2.45) is 0 Å². The average molecular weight is 200 g/mol. The number of aromatic amines is 2. The van der Waals surface area contributed by atoms with E-state index in [0.29, 0.717) is 5.82 Å². The Morgan fingerprint density at radius 3 is 3.00 bits per heavy atom. The lowest BCUT2D eigenvalue weighted by atomic mass is 10.2. The van der Waals surface area contributed by atoms with Crippen LogP contribution >= 0.6 is 0 Å². The van der Waals surface area contributed by atoms with E-state index < -0.39 is 0 Å². The standard InChI is InChI=1S/C9H8N6/c1-5-10-7-3-2-6(4-8(7)11-5)9-12-14-15-13-9/h2-4H,1H3,(H,10,11)(H,12,13,14,15). The van der Waals surface area contributed by atoms with Gasteiger partial charge >= 0.3 is 0 Å². The lowest BCUT2D eigenvalue weighted by molar-refractivity contribution is 0.881. The van der Waals surface area contributed by atoms with Gasteiger partial charge in [0.1, 0.15) is 5.82 Å². The van der Waals surface area contributed by atoms with Gasteiger partial charge in [0.25, 0.3) is 0 Å². The number of benzene rings is 1. The molecule has 3 rings (SSSR count). The van der Waals surface area contributed by atoms with Crippen molar-refractivity contribution in [1.29, 1.82) is 0 Å². The minimum Gasteiger partial charge on any atom is -0.342 e. The zero-order valence-electron chi connectivity index (χ0n) is 8.02. The Morgan fingerprint density at radius 2 is 2.20 bits per heavy atom. The Balaban J connectivity index is 2.21. The van der Waals surface area contributed by atoms with Gasteiger partial charge in [-0.1, -0.05) is 0 Å². The monoisotopic (exact) mass is 200 g/mol. The smallest absolute Gasteiger partial charge is 0.204 e. The summed E-state index contributed by atoms with van der Waals surface area (Å²) in [5.41, 5.74) is 2.84. The maximum absolute atomic E-state index is 4.32. The first-order valence-corrected chi connectivity index (χ1v) is 4.53. The molecule has 2 N–H and O–H groups in total. The summed E-state index contributed by atoms with van der Waals surface area (Å²) in [6, 6.07) is 5.82. The third-order valence-corrected chi connectivity index (χ3v) is 2.20. The topological polar surface area (TPSA) is 83.1 Å². The molecule has 0 saturated heterocycles. The van der Waals surface area contributed by atoms with Crippen LogP contribution in [-0.2, 0) is 0 Å². The van der Waals surface area contributed by atoms with Crippen LogP contribution in [0.4, 0.5) is 0 Å². The number of imidazole rings is 1. The van der Waals surface area contributed by atoms with Gasteiger partial charge in [-0.2, -0.15) is 5.21 Å². The number of nitrogens with zero attached hydrogens (tertiary/aromatic N) is 4. The van der Waals surface area contributed by atoms with Crippen LogP contribution < -0.4 is 0 Å². The number of hydrogen-bond acceptors (Lipinski definition) is 4. The van der Waals surface area contributed by atoms with E-state index >= 15 is 0 Å². The van der Waals surface area contributed by atoms with Crippen LogP contribution in [0.1, 0.15) is 5.82 Å². The fourth-order valence-electron chi connectivity index (χ4n) is 1.56. The van der Waals surface area contributed by atoms with E-state index in [0.717, 1.165) is 22.4 Å². The molecule has 0 aliphatic carbocycles. The summed E-state index contributed by atoms with van der Waals surface area (Å²) < 4.78 is 0. The maximum Gasteiger partial charge on any atom is 0.204 e. The van der Waals surface area contributed by atoms with Gasteiger partial charge in [0.15, 0.2) is 0 Å². The molecule has 0 atom stereocenters. The third kappa shape index (κ3) is 1.26. The van der Waals surface area contributed by atoms with Gasteiger partial charge in [-0.05, 0) is 30.3 Å². The predicted molar refractivity (Wildman–Crippen MR) is 54.0 cm³/mol. The summed E-state index contributed by atoms with van der Waals surface area (Å²) in [5.74, 6) is 1.49. The van der Waals surface area contributed by atoms with E-state index in [4.69, 9.17) is 0 Å². The molecule has 0 amide bonds. The predicted octanol–water partition coefficient (Wildman–Crippen LogP) is 1.05. The van der Waals surface area contributed by atoms with Crippen molar-refractivity contribution < 1.29 is 0 Å². The first kappa shape index (κ1) is 8.10. The number of tetrazole rings is 1. The summed E-state index contributed by atoms with van der Waals surface area (Å²) in [6.45, 7) is 1.92. The SMILES string of the molecule is Cc1nc2ccc(-c3nn[nH]n3)cc2[nH]1. The number of fused-ring (bicyclic) bond motifs is 1. The minimum atomic E-state index is 0.587. The van der Waals surface area contributed by atoms with Crippen LogP contribution in [0.5, 0.6) is 0 Å². The Bertz CT molecular complexity index is 594. The molecule has 0 radical (unpaired) electrons. The summed E-state index contributed by atoms with van der Waals surface area (Å²) in [6.07, 6.45) is 0. The molecule has 6 nitrogen and oxygen atoms in total. The van der Waals surface area contributed by atoms with E-state index in [1.807, 2.05) is 25.1 Å². The van der Waals surface area contributed by atoms with Crippen molar-refractivity contribution in [3.8, 4) is 11.4 Å². The maximum atomic E-state index is 4.32. The van der Waals surface area contributed by atoms with Crippen LogP contribution in [0.25, 0.3) is 22.4 Å². The Hall–Kier alpha value is -2.24. The highest BCUT2D eigenvalue weighted by Gasteiger charge is 2.05. The molecule has 0 bridgehead atoms. The van der Waals surface area contributed by atoms with Crippen molar-refractivity contribution in [2.75, 3.05) is 0 Å². The quantitative estimate of drug-likeness (QED) is 0.615. The number of H-pyrrole nitrogens is 2. The van der Waals surface area contributed by atoms with Crippen molar-refractivity contribution in [3.63, 3.8) is 0 Å². The minimum absolute atomic E-state index is 0.587. The van der Waals surface area contributed by atoms with E-state index in [2.05, 4.69) is 30.6 Å². The number of hydrogen-bond donors (Lipinski definition) is 2. The first-order valence-electron chi connectivity index (χ1n) is 4.53. The zero-order chi connectivity index (χ0) is 10.3. The van der Waals surface area contributed by atoms with Gasteiger partial charge in [0.2, 0.25) is 5.82 Å². The number of nitrogens with one attached hydrogen (secondary N) is 2. The van der Waals surface area contributed by atoms with E-state index in [9.17, 15) is 0 Å². The molecule has 0 unspecified atom stereocenters. The number of rotatable bonds is 1. The van der Waals surface area contributed by atoms with Crippen LogP contribution in [-0.4, -0.2) is 30.6 Å². The van der Waals surface area contributed by atoms with Crippen LogP contribution in [0.2, 0.25) is 0 Å². The van der Waals surface area contributed by atoms with Gasteiger partial charge in [-0.25, -0.2) is 4.98 Å². The summed E-state index contributed by atoms with van der Waals surface area (Å²) in [7, 11) is 0. The van der Waals surface area contributed by atoms with Gasteiger partial charge in [-0.3, -0.25) is 0 Å². The third-order valence-electron chi connectivity index (χ3n) is 2.20. The second-order valence-electron chi connectivity index (χ2n) is 3.29. The Morgan fingerprint density at radius 1 is 1.27 bits per heavy atom. The molecule has 6 heteroatoms. The second kappa shape index (κ2) is 2.88. The summed E-state index contributed by atoms with van der Waals surface area (Å²) in [5, 5.41) is 13.8. The molecule has 0 aliphatic rings. The Labute approximate surface area is 84.7 Å². The second-order valence-corrected chi connectivity index (χ2v) is 3.29. The van der Waals surface area contributed by atoms with Crippen molar-refractivity contribution in [2.45, 2.75) is 6.92 Å². The van der Waals surface area contributed by atoms with Gasteiger partial charge < -0.3 is 4.98 Å². The van der Waals surface area contributed by atoms with Gasteiger partial charge in [0.05, 0.1) is 11.0 Å². The first-order chi connectivity index (χ1) is 7.33. The molecule has 2 aromatic heterocycles. The fraction of sp³-hybridized carbons (Fsp3) is 0.111.